The molecule has 0 atom stereocenters. The number of nitrogens with one attached hydrogen (secondary N) is 1. The van der Waals surface area contributed by atoms with Crippen molar-refractivity contribution in [2.75, 3.05) is 13.1 Å². The molecule has 0 spiro atoms. The minimum atomic E-state index is -1.02. The number of benzene rings is 2. The Morgan fingerprint density at radius 3 is 2.53 bits per heavy atom. The number of carbonyl (C=O) groups is 4. The lowest BCUT2D eigenvalue weighted by Gasteiger charge is -2.31. The first kappa shape index (κ1) is 35.2. The van der Waals surface area contributed by atoms with Gasteiger partial charge < -0.3 is 20.1 Å². The number of fused-ring (bicyclic) bond motifs is 2. The average molecular weight is 702 g/mol. The van der Waals surface area contributed by atoms with E-state index in [0.717, 1.165) is 5.52 Å². The van der Waals surface area contributed by atoms with Gasteiger partial charge in [0.15, 0.2) is 0 Å². The second-order valence-corrected chi connectivity index (χ2v) is 13.7. The van der Waals surface area contributed by atoms with Crippen LogP contribution < -0.4 is 5.32 Å². The lowest BCUT2D eigenvalue weighted by Crippen LogP contribution is -2.38. The van der Waals surface area contributed by atoms with Crippen molar-refractivity contribution in [2.45, 2.75) is 77.6 Å². The molecule has 1 fully saturated rings. The molecule has 0 bridgehead atoms. The molecule has 1 aliphatic rings. The predicted molar refractivity (Wildman–Crippen MR) is 183 cm³/mol. The van der Waals surface area contributed by atoms with Gasteiger partial charge in [0.2, 0.25) is 11.8 Å². The van der Waals surface area contributed by atoms with Gasteiger partial charge >= 0.3 is 11.9 Å². The van der Waals surface area contributed by atoms with Crippen molar-refractivity contribution in [1.82, 2.24) is 44.8 Å². The zero-order valence-corrected chi connectivity index (χ0v) is 28.9. The van der Waals surface area contributed by atoms with E-state index in [0.29, 0.717) is 64.7 Å². The average Bonchev–Trinajstić information content (AvgIpc) is 3.78. The van der Waals surface area contributed by atoms with Crippen LogP contribution in [0.2, 0.25) is 0 Å². The quantitative estimate of drug-likeness (QED) is 0.194. The molecule has 5 aromatic rings. The summed E-state index contributed by atoms with van der Waals surface area (Å²) in [7, 11) is 1.79. The molecule has 0 aliphatic carbocycles. The van der Waals surface area contributed by atoms with Gasteiger partial charge in [-0.05, 0) is 57.4 Å². The molecule has 6 rings (SSSR count). The number of rotatable bonds is 11. The fourth-order valence-corrected chi connectivity index (χ4v) is 6.43. The van der Waals surface area contributed by atoms with Crippen molar-refractivity contribution in [1.29, 1.82) is 0 Å². The van der Waals surface area contributed by atoms with Crippen molar-refractivity contribution in [3.63, 3.8) is 0 Å². The molecule has 4 heterocycles. The number of carboxylic acids is 1. The van der Waals surface area contributed by atoms with E-state index < -0.39 is 23.4 Å². The number of carbonyl (C=O) groups excluding carboxylic acids is 3. The number of piperidine rings is 1. The molecule has 2 aromatic carbocycles. The van der Waals surface area contributed by atoms with E-state index >= 15 is 4.39 Å². The number of esters is 1. The Morgan fingerprint density at radius 1 is 1.04 bits per heavy atom. The molecule has 2 N–H and O–H groups in total. The second-order valence-electron chi connectivity index (χ2n) is 13.7. The van der Waals surface area contributed by atoms with Crippen LogP contribution in [0.3, 0.4) is 0 Å². The minimum absolute atomic E-state index is 0.0629. The monoisotopic (exact) mass is 701 g/mol. The Bertz CT molecular complexity index is 2120. The Labute approximate surface area is 292 Å². The normalized spacial score (nSPS) is 13.9. The van der Waals surface area contributed by atoms with Gasteiger partial charge in [0.1, 0.15) is 30.2 Å². The van der Waals surface area contributed by atoms with Crippen LogP contribution in [-0.4, -0.2) is 87.0 Å². The van der Waals surface area contributed by atoms with Crippen molar-refractivity contribution >= 4 is 45.6 Å². The molecular formula is C35H40FN9O6. The van der Waals surface area contributed by atoms with E-state index in [4.69, 9.17) is 14.9 Å². The number of amides is 2. The van der Waals surface area contributed by atoms with Crippen LogP contribution in [0.4, 0.5) is 4.39 Å². The van der Waals surface area contributed by atoms with E-state index in [1.54, 1.807) is 66.6 Å². The predicted octanol–water partition coefficient (Wildman–Crippen LogP) is 3.55. The maximum Gasteiger partial charge on any atom is 0.328 e. The van der Waals surface area contributed by atoms with Crippen molar-refractivity contribution < 1.29 is 33.4 Å². The third-order valence-electron chi connectivity index (χ3n) is 8.77. The van der Waals surface area contributed by atoms with Crippen LogP contribution in [0, 0.1) is 5.82 Å². The van der Waals surface area contributed by atoms with Crippen LogP contribution in [0.1, 0.15) is 63.8 Å². The van der Waals surface area contributed by atoms with E-state index in [9.17, 15) is 19.2 Å². The minimum Gasteiger partial charge on any atom is -0.481 e. The molecule has 51 heavy (non-hydrogen) atoms. The smallest absolute Gasteiger partial charge is 0.328 e. The first-order valence-electron chi connectivity index (χ1n) is 16.7. The maximum atomic E-state index is 15.8. The summed E-state index contributed by atoms with van der Waals surface area (Å²) < 4.78 is 25.7. The van der Waals surface area contributed by atoms with Gasteiger partial charge in [0.05, 0.1) is 42.1 Å². The first-order valence-corrected chi connectivity index (χ1v) is 16.7. The van der Waals surface area contributed by atoms with E-state index in [2.05, 4.69) is 20.7 Å². The van der Waals surface area contributed by atoms with Crippen LogP contribution >= 0.6 is 0 Å². The van der Waals surface area contributed by atoms with E-state index in [1.165, 1.54) is 10.7 Å². The van der Waals surface area contributed by atoms with Gasteiger partial charge in [-0.3, -0.25) is 28.5 Å². The maximum absolute atomic E-state index is 15.8. The molecule has 3 aromatic heterocycles. The van der Waals surface area contributed by atoms with Crippen LogP contribution in [0.15, 0.2) is 42.7 Å². The number of halogens is 1. The summed E-state index contributed by atoms with van der Waals surface area (Å²) >= 11 is 0. The Morgan fingerprint density at radius 2 is 1.80 bits per heavy atom. The number of likely N-dealkylation sites (tertiary alicyclic amines) is 1. The first-order chi connectivity index (χ1) is 24.3. The summed E-state index contributed by atoms with van der Waals surface area (Å²) in [6.45, 7) is 5.98. The Kier molecular flexibility index (Phi) is 9.85. The highest BCUT2D eigenvalue weighted by Gasteiger charge is 2.29. The zero-order valence-electron chi connectivity index (χ0n) is 28.9. The van der Waals surface area contributed by atoms with Crippen molar-refractivity contribution in [2.24, 2.45) is 7.05 Å². The lowest BCUT2D eigenvalue weighted by molar-refractivity contribution is -0.155. The van der Waals surface area contributed by atoms with Gasteiger partial charge in [-0.1, -0.05) is 17.3 Å². The highest BCUT2D eigenvalue weighted by Crippen LogP contribution is 2.40. The zero-order chi connectivity index (χ0) is 36.4. The molecule has 15 nitrogen and oxygen atoms in total. The number of aryl methyl sites for hydroxylation is 1. The number of nitrogens with zero attached hydrogens (tertiary/aromatic N) is 8. The van der Waals surface area contributed by atoms with Crippen molar-refractivity contribution in [3.8, 4) is 11.1 Å². The molecule has 1 aliphatic heterocycles. The summed E-state index contributed by atoms with van der Waals surface area (Å²) in [5, 5.41) is 30.4. The Hall–Kier alpha value is -5.67. The highest BCUT2D eigenvalue weighted by atomic mass is 19.1. The third-order valence-corrected chi connectivity index (χ3v) is 8.77. The summed E-state index contributed by atoms with van der Waals surface area (Å²) in [5.74, 6) is -2.56. The number of ether oxygens (including phenoxy) is 1. The lowest BCUT2D eigenvalue weighted by atomic mass is 9.88. The topological polar surface area (TPSA) is 179 Å². The van der Waals surface area contributed by atoms with Gasteiger partial charge in [0.25, 0.3) is 0 Å². The van der Waals surface area contributed by atoms with Gasteiger partial charge in [-0.2, -0.15) is 10.2 Å². The van der Waals surface area contributed by atoms with Crippen LogP contribution in [0.5, 0.6) is 0 Å². The van der Waals surface area contributed by atoms with E-state index in [1.807, 2.05) is 12.1 Å². The van der Waals surface area contributed by atoms with Crippen LogP contribution in [-0.2, 0) is 50.6 Å². The molecule has 268 valence electrons. The number of aliphatic carboxylic acids is 1. The summed E-state index contributed by atoms with van der Waals surface area (Å²) in [6, 6.07) is 8.70. The van der Waals surface area contributed by atoms with Crippen LogP contribution in [0.25, 0.3) is 32.9 Å². The molecule has 0 unspecified atom stereocenters. The number of carboxylic acid groups (broad SMARTS) is 1. The Balaban J connectivity index is 1.25. The third kappa shape index (κ3) is 8.05. The number of hydrogen-bond acceptors (Lipinski definition) is 9. The summed E-state index contributed by atoms with van der Waals surface area (Å²) in [4.78, 5) is 50.8. The highest BCUT2D eigenvalue weighted by molar-refractivity contribution is 6.00. The van der Waals surface area contributed by atoms with Gasteiger partial charge in [-0.15, -0.1) is 5.10 Å². The molecule has 0 saturated carbocycles. The molecule has 1 saturated heterocycles. The van der Waals surface area contributed by atoms with Crippen molar-refractivity contribution in [3.05, 3.63) is 59.9 Å². The molecule has 2 amide bonds. The second kappa shape index (κ2) is 14.3. The SMILES string of the molecule is Cn1ncc2cc(F)c(-c3cccc4c3c(C3CCN(C(=O)CCC(=O)O)CC3)nn4CC(=O)NCc3cn(CC(=O)OC(C)(C)C)nn3)cc21. The largest absolute Gasteiger partial charge is 0.481 e. The van der Waals surface area contributed by atoms with Gasteiger partial charge in [0, 0.05) is 48.8 Å². The fraction of sp³-hybridized carbons (Fsp3) is 0.429. The summed E-state index contributed by atoms with van der Waals surface area (Å²) in [5.41, 5.74) is 2.91. The fourth-order valence-electron chi connectivity index (χ4n) is 6.43. The number of aromatic nitrogens is 7. The molecule has 0 radical (unpaired) electrons. The van der Waals surface area contributed by atoms with Gasteiger partial charge in [-0.25, -0.2) is 9.07 Å². The molecular weight excluding hydrogens is 661 g/mol. The standard InChI is InChI=1S/C35H40FN9O6/c1-35(2,3)51-32(50)20-44-18-23(39-41-44)17-37-29(46)19-45-27-7-5-6-24(25-15-28-22(14-26(25)36)16-38-42(28)4)33(27)34(40-45)21-10-12-43(13-11-21)30(47)8-9-31(48)49/h5-7,14-16,18,21H,8-13,17,19-20H2,1-4H3,(H,37,46)(H,48,49). The molecule has 16 heteroatoms. The van der Waals surface area contributed by atoms with E-state index in [-0.39, 0.29) is 50.2 Å². The number of hydrogen-bond donors (Lipinski definition) is 2. The summed E-state index contributed by atoms with van der Waals surface area (Å²) in [6.07, 6.45) is 4.01.